The topological polar surface area (TPSA) is 65.2 Å². The number of nitrogens with zero attached hydrogens (tertiary/aromatic N) is 1. The molecule has 1 aromatic rings. The van der Waals surface area contributed by atoms with Crippen LogP contribution in [0, 0.1) is 6.92 Å². The Labute approximate surface area is 89.5 Å². The predicted octanol–water partition coefficient (Wildman–Crippen LogP) is 1.58. The molecule has 0 saturated carbocycles. The minimum atomic E-state index is 0.0372. The molecule has 0 unspecified atom stereocenters. The molecule has 0 aliphatic carbocycles. The van der Waals surface area contributed by atoms with Crippen LogP contribution in [0.4, 0.5) is 5.82 Å². The minimum absolute atomic E-state index is 0.0372. The molecule has 0 aromatic carbocycles. The van der Waals surface area contributed by atoms with Crippen LogP contribution in [0.2, 0.25) is 0 Å². The van der Waals surface area contributed by atoms with E-state index >= 15 is 0 Å². The van der Waals surface area contributed by atoms with Gasteiger partial charge >= 0.3 is 0 Å². The number of Topliss-reactive ketones (excluding diaryl/α,β-unsaturated/α-hetero) is 1. The molecule has 0 radical (unpaired) electrons. The highest BCUT2D eigenvalue weighted by Gasteiger charge is 2.12. The standard InChI is InChI=1S/C11H16N2O2/c1-8-5-6-13-11(12)10(8)9(14)4-3-7-15-2/h5-6H,3-4,7H2,1-2H3,(H2,12,13). The van der Waals surface area contributed by atoms with Crippen molar-refractivity contribution in [1.29, 1.82) is 0 Å². The van der Waals surface area contributed by atoms with Gasteiger partial charge in [-0.3, -0.25) is 4.79 Å². The number of anilines is 1. The number of methoxy groups -OCH3 is 1. The van der Waals surface area contributed by atoms with E-state index in [0.717, 1.165) is 5.56 Å². The third-order valence-corrected chi connectivity index (χ3v) is 2.22. The number of aryl methyl sites for hydroxylation is 1. The molecule has 4 nitrogen and oxygen atoms in total. The first-order chi connectivity index (χ1) is 7.16. The number of nitrogen functional groups attached to an aromatic ring is 1. The highest BCUT2D eigenvalue weighted by atomic mass is 16.5. The molecule has 0 atom stereocenters. The van der Waals surface area contributed by atoms with Gasteiger partial charge in [0, 0.05) is 26.3 Å². The van der Waals surface area contributed by atoms with Gasteiger partial charge in [-0.1, -0.05) is 0 Å². The third-order valence-electron chi connectivity index (χ3n) is 2.22. The third kappa shape index (κ3) is 3.02. The molecule has 4 heteroatoms. The monoisotopic (exact) mass is 208 g/mol. The predicted molar refractivity (Wildman–Crippen MR) is 58.8 cm³/mol. The molecule has 1 aromatic heterocycles. The van der Waals surface area contributed by atoms with Crippen LogP contribution in [0.3, 0.4) is 0 Å². The zero-order chi connectivity index (χ0) is 11.3. The van der Waals surface area contributed by atoms with Gasteiger partial charge < -0.3 is 10.5 Å². The van der Waals surface area contributed by atoms with Gasteiger partial charge in [-0.15, -0.1) is 0 Å². The molecular formula is C11H16N2O2. The lowest BCUT2D eigenvalue weighted by molar-refractivity contribution is 0.0963. The molecule has 82 valence electrons. The van der Waals surface area contributed by atoms with Crippen molar-refractivity contribution in [3.05, 3.63) is 23.4 Å². The quantitative estimate of drug-likeness (QED) is 0.589. The fourth-order valence-electron chi connectivity index (χ4n) is 1.44. The normalized spacial score (nSPS) is 10.3. The van der Waals surface area contributed by atoms with Crippen molar-refractivity contribution in [2.75, 3.05) is 19.5 Å². The summed E-state index contributed by atoms with van der Waals surface area (Å²) in [5.41, 5.74) is 7.09. The molecular weight excluding hydrogens is 192 g/mol. The van der Waals surface area contributed by atoms with Gasteiger partial charge in [0.1, 0.15) is 5.82 Å². The number of carbonyl (C=O) groups excluding carboxylic acids is 1. The van der Waals surface area contributed by atoms with E-state index in [0.29, 0.717) is 30.8 Å². The number of carbonyl (C=O) groups is 1. The van der Waals surface area contributed by atoms with Gasteiger partial charge in [-0.2, -0.15) is 0 Å². The summed E-state index contributed by atoms with van der Waals surface area (Å²) < 4.78 is 4.89. The zero-order valence-electron chi connectivity index (χ0n) is 9.12. The van der Waals surface area contributed by atoms with Gasteiger partial charge in [0.25, 0.3) is 0 Å². The first kappa shape index (κ1) is 11.7. The second-order valence-corrected chi connectivity index (χ2v) is 3.41. The molecule has 0 amide bonds. The van der Waals surface area contributed by atoms with Gasteiger partial charge in [-0.05, 0) is 25.0 Å². The highest BCUT2D eigenvalue weighted by Crippen LogP contribution is 2.16. The van der Waals surface area contributed by atoms with E-state index in [2.05, 4.69) is 4.98 Å². The average Bonchev–Trinajstić information content (AvgIpc) is 2.18. The van der Waals surface area contributed by atoms with Crippen molar-refractivity contribution in [3.63, 3.8) is 0 Å². The fourth-order valence-corrected chi connectivity index (χ4v) is 1.44. The van der Waals surface area contributed by atoms with E-state index in [4.69, 9.17) is 10.5 Å². The van der Waals surface area contributed by atoms with Crippen molar-refractivity contribution in [3.8, 4) is 0 Å². The molecule has 1 heterocycles. The largest absolute Gasteiger partial charge is 0.385 e. The fraction of sp³-hybridized carbons (Fsp3) is 0.455. The van der Waals surface area contributed by atoms with Gasteiger partial charge in [0.05, 0.1) is 5.56 Å². The van der Waals surface area contributed by atoms with Crippen LogP contribution in [-0.2, 0) is 4.74 Å². The minimum Gasteiger partial charge on any atom is -0.385 e. The van der Waals surface area contributed by atoms with E-state index < -0.39 is 0 Å². The molecule has 1 rings (SSSR count). The number of hydrogen-bond acceptors (Lipinski definition) is 4. The molecule has 0 aliphatic rings. The van der Waals surface area contributed by atoms with E-state index in [-0.39, 0.29) is 5.78 Å². The van der Waals surface area contributed by atoms with Crippen LogP contribution >= 0.6 is 0 Å². The number of ether oxygens (including phenoxy) is 1. The Morgan fingerprint density at radius 1 is 1.60 bits per heavy atom. The number of hydrogen-bond donors (Lipinski definition) is 1. The molecule has 0 aliphatic heterocycles. The van der Waals surface area contributed by atoms with Crippen LogP contribution < -0.4 is 5.73 Å². The Hall–Kier alpha value is -1.42. The summed E-state index contributed by atoms with van der Waals surface area (Å²) in [6.45, 7) is 2.45. The molecule has 0 saturated heterocycles. The molecule has 2 N–H and O–H groups in total. The Morgan fingerprint density at radius 3 is 2.93 bits per heavy atom. The number of aromatic nitrogens is 1. The average molecular weight is 208 g/mol. The summed E-state index contributed by atoms with van der Waals surface area (Å²) in [6, 6.07) is 1.79. The van der Waals surface area contributed by atoms with E-state index in [1.54, 1.807) is 19.4 Å². The molecule has 0 bridgehead atoms. The van der Waals surface area contributed by atoms with Gasteiger partial charge in [0.2, 0.25) is 0 Å². The van der Waals surface area contributed by atoms with E-state index in [9.17, 15) is 4.79 Å². The molecule has 0 spiro atoms. The summed E-state index contributed by atoms with van der Waals surface area (Å²) in [6.07, 6.45) is 2.77. The maximum Gasteiger partial charge on any atom is 0.166 e. The number of ketones is 1. The van der Waals surface area contributed by atoms with Crippen molar-refractivity contribution in [1.82, 2.24) is 4.98 Å². The Morgan fingerprint density at radius 2 is 2.33 bits per heavy atom. The lowest BCUT2D eigenvalue weighted by atomic mass is 10.0. The van der Waals surface area contributed by atoms with Crippen molar-refractivity contribution >= 4 is 11.6 Å². The van der Waals surface area contributed by atoms with Crippen LogP contribution in [0.5, 0.6) is 0 Å². The Kier molecular flexibility index (Phi) is 4.24. The first-order valence-corrected chi connectivity index (χ1v) is 4.90. The van der Waals surface area contributed by atoms with Gasteiger partial charge in [0.15, 0.2) is 5.78 Å². The van der Waals surface area contributed by atoms with Crippen LogP contribution in [0.25, 0.3) is 0 Å². The van der Waals surface area contributed by atoms with Crippen molar-refractivity contribution < 1.29 is 9.53 Å². The van der Waals surface area contributed by atoms with Crippen LogP contribution in [0.15, 0.2) is 12.3 Å². The van der Waals surface area contributed by atoms with Crippen LogP contribution in [0.1, 0.15) is 28.8 Å². The molecule has 15 heavy (non-hydrogen) atoms. The number of pyridine rings is 1. The second-order valence-electron chi connectivity index (χ2n) is 3.41. The molecule has 0 fully saturated rings. The Balaban J connectivity index is 2.73. The van der Waals surface area contributed by atoms with E-state index in [1.165, 1.54) is 0 Å². The first-order valence-electron chi connectivity index (χ1n) is 4.90. The lowest BCUT2D eigenvalue weighted by Crippen LogP contribution is -2.08. The number of rotatable bonds is 5. The van der Waals surface area contributed by atoms with Crippen LogP contribution in [-0.4, -0.2) is 24.5 Å². The smallest absolute Gasteiger partial charge is 0.166 e. The van der Waals surface area contributed by atoms with E-state index in [1.807, 2.05) is 6.92 Å². The summed E-state index contributed by atoms with van der Waals surface area (Å²) >= 11 is 0. The Bertz CT molecular complexity index is 330. The SMILES string of the molecule is COCCCC(=O)c1c(C)ccnc1N. The maximum absolute atomic E-state index is 11.8. The van der Waals surface area contributed by atoms with Gasteiger partial charge in [-0.25, -0.2) is 4.98 Å². The zero-order valence-corrected chi connectivity index (χ0v) is 9.12. The second kappa shape index (κ2) is 5.46. The summed E-state index contributed by atoms with van der Waals surface area (Å²) in [5.74, 6) is 0.354. The summed E-state index contributed by atoms with van der Waals surface area (Å²) in [7, 11) is 1.62. The van der Waals surface area contributed by atoms with Crippen molar-refractivity contribution in [2.24, 2.45) is 0 Å². The van der Waals surface area contributed by atoms with Crippen molar-refractivity contribution in [2.45, 2.75) is 19.8 Å². The summed E-state index contributed by atoms with van der Waals surface area (Å²) in [4.78, 5) is 15.7. The highest BCUT2D eigenvalue weighted by molar-refractivity contribution is 6.01. The lowest BCUT2D eigenvalue weighted by Gasteiger charge is -2.06. The maximum atomic E-state index is 11.8. The number of nitrogens with two attached hydrogens (primary N) is 1. The summed E-state index contributed by atoms with van der Waals surface area (Å²) in [5, 5.41) is 0.